The predicted molar refractivity (Wildman–Crippen MR) is 522 cm³/mol. The van der Waals surface area contributed by atoms with Gasteiger partial charge >= 0.3 is 263 Å². The van der Waals surface area contributed by atoms with Crippen molar-refractivity contribution >= 4 is 119 Å². The van der Waals surface area contributed by atoms with Crippen LogP contribution in [0.15, 0.2) is 224 Å². The van der Waals surface area contributed by atoms with Gasteiger partial charge in [0.1, 0.15) is 0 Å². The Bertz CT molecular complexity index is 5720. The molecule has 0 amide bonds. The molecule has 124 heavy (non-hydrogen) atoms. The molecule has 1 radical (unpaired) electrons. The predicted octanol–water partition coefficient (Wildman–Crippen LogP) is 26.0. The maximum atomic E-state index is 5.26. The zero-order chi connectivity index (χ0) is 88.9. The van der Waals surface area contributed by atoms with Crippen LogP contribution < -0.4 is 20.9 Å². The summed E-state index contributed by atoms with van der Waals surface area (Å²) in [5.74, 6) is 6.63. The molecule has 0 spiro atoms. The van der Waals surface area contributed by atoms with E-state index in [0.29, 0.717) is 113 Å². The van der Waals surface area contributed by atoms with Crippen molar-refractivity contribution in [1.29, 1.82) is 0 Å². The molecule has 0 unspecified atom stereocenters. The fourth-order valence-corrected chi connectivity index (χ4v) is 14.7. The summed E-state index contributed by atoms with van der Waals surface area (Å²) in [5, 5.41) is 7.75. The molecule has 6 aliphatic heterocycles. The van der Waals surface area contributed by atoms with Gasteiger partial charge in [0.15, 0.2) is 0 Å². The summed E-state index contributed by atoms with van der Waals surface area (Å²) < 4.78 is 4.63. The van der Waals surface area contributed by atoms with E-state index in [1.54, 1.807) is 0 Å². The van der Waals surface area contributed by atoms with Crippen LogP contribution in [-0.4, -0.2) is 88.6 Å². The van der Waals surface area contributed by atoms with E-state index in [4.69, 9.17) is 69.8 Å². The third-order valence-corrected chi connectivity index (χ3v) is 18.4. The van der Waals surface area contributed by atoms with E-state index in [9.17, 15) is 0 Å². The van der Waals surface area contributed by atoms with Crippen molar-refractivity contribution in [3.8, 4) is 45.6 Å². The van der Waals surface area contributed by atoms with Crippen LogP contribution in [0, 0.1) is 43.3 Å². The molecular weight excluding hydrogens is 1620 g/mol. The van der Waals surface area contributed by atoms with Crippen LogP contribution in [0.5, 0.6) is 0 Å². The van der Waals surface area contributed by atoms with Crippen LogP contribution in [0.4, 0.5) is 11.6 Å². The molecule has 647 valence electrons. The summed E-state index contributed by atoms with van der Waals surface area (Å²) in [5.41, 5.74) is 15.4. The Balaban J connectivity index is 0.000000234. The molecule has 0 atom stereocenters. The molecule has 0 saturated heterocycles. The van der Waals surface area contributed by atoms with Gasteiger partial charge in [-0.25, -0.2) is 9.97 Å². The number of fused-ring (bicyclic) bond motifs is 34. The van der Waals surface area contributed by atoms with Crippen molar-refractivity contribution in [2.24, 2.45) is 73.3 Å². The Hall–Kier alpha value is -10.2. The van der Waals surface area contributed by atoms with Crippen molar-refractivity contribution in [2.75, 3.05) is 0 Å². The third kappa shape index (κ3) is 28.9. The molecule has 6 aliphatic rings. The van der Waals surface area contributed by atoms with E-state index >= 15 is 0 Å². The van der Waals surface area contributed by atoms with Crippen LogP contribution >= 0.6 is 0 Å². The van der Waals surface area contributed by atoms with Gasteiger partial charge in [-0.05, 0) is 64.9 Å². The molecule has 0 saturated carbocycles. The topological polar surface area (TPSA) is 251 Å². The van der Waals surface area contributed by atoms with Crippen molar-refractivity contribution in [3.05, 3.63) is 227 Å². The van der Waals surface area contributed by atoms with Gasteiger partial charge in [0.25, 0.3) is 0 Å². The fraction of sp³-hybridized carbons (Fsp3) is 0.385. The minimum absolute atomic E-state index is 0. The Morgan fingerprint density at radius 3 is 0.613 bits per heavy atom. The van der Waals surface area contributed by atoms with E-state index in [0.717, 1.165) is 110 Å². The number of benzene rings is 8. The second-order valence-electron chi connectivity index (χ2n) is 44.0. The molecular formula is C104H131GaN16O2Ti-. The van der Waals surface area contributed by atoms with Crippen LogP contribution in [0.3, 0.4) is 0 Å². The first-order chi connectivity index (χ1) is 56.1. The van der Waals surface area contributed by atoms with Gasteiger partial charge in [0.05, 0.1) is 23.3 Å². The molecule has 13 aromatic rings. The van der Waals surface area contributed by atoms with Crippen LogP contribution in [0.1, 0.15) is 244 Å². The van der Waals surface area contributed by atoms with Gasteiger partial charge in [-0.1, -0.05) is 319 Å². The summed E-state index contributed by atoms with van der Waals surface area (Å²) in [4.78, 5) is 70.3. The van der Waals surface area contributed by atoms with Crippen molar-refractivity contribution < 1.29 is 32.7 Å². The quantitative estimate of drug-likeness (QED) is 0.131. The molecule has 20 heteroatoms. The van der Waals surface area contributed by atoms with Gasteiger partial charge in [-0.15, -0.1) is 0 Å². The fourth-order valence-electron chi connectivity index (χ4n) is 11.6. The average Bonchev–Trinajstić information content (AvgIpc) is 1.56. The zero-order valence-corrected chi connectivity index (χ0v) is 83.6. The van der Waals surface area contributed by atoms with Crippen molar-refractivity contribution in [3.63, 3.8) is 0 Å². The Kier molecular flexibility index (Phi) is 32.8. The van der Waals surface area contributed by atoms with Crippen LogP contribution in [0.25, 0.3) is 111 Å². The van der Waals surface area contributed by atoms with Gasteiger partial charge in [0.2, 0.25) is 0 Å². The second kappa shape index (κ2) is 40.4. The second-order valence-corrected chi connectivity index (χ2v) is 46.6. The Morgan fingerprint density at radius 1 is 0.218 bits per heavy atom. The maximum absolute atomic E-state index is 5.26. The van der Waals surface area contributed by atoms with Gasteiger partial charge in [-0.2, -0.15) is 0 Å². The summed E-state index contributed by atoms with van der Waals surface area (Å²) in [6, 6.07) is 65.0. The van der Waals surface area contributed by atoms with Gasteiger partial charge in [-0.3, -0.25) is 0 Å². The molecule has 3 N–H and O–H groups in total. The normalized spacial score (nSPS) is 12.9. The average molecular weight is 1750 g/mol. The van der Waals surface area contributed by atoms with E-state index in [-0.39, 0.29) is 32.7 Å². The standard InChI is InChI=1S/2C32H16N8.8C5H12.Ga.2H2O.Ti/c2*1-2-10-18-17(9-1)25-33-26(18)38-28-21-13-5-6-14-22(21)30(35-28)40-32-24-16-8-7-15-23(24)31(36-32)39-29-20-12-4-3-11-19(20)27(34-29)37-25;8*1-5(2,3)4;;;;/h2*1-16H;8*1-4H3;;2*1H2;/q2*-2;;;;;;;;;+2;;;+2/p-1. The van der Waals surface area contributed by atoms with Crippen LogP contribution in [-0.2, 0) is 21.7 Å². The molecule has 14 bridgehead atoms. The van der Waals surface area contributed by atoms with Crippen molar-refractivity contribution in [2.45, 2.75) is 222 Å². The molecule has 0 aliphatic carbocycles. The number of nitrogens with zero attached hydrogens (tertiary/aromatic N) is 16. The number of aromatic nitrogens is 10. The van der Waals surface area contributed by atoms with E-state index in [1.807, 2.05) is 121 Å². The first kappa shape index (κ1) is 101. The summed E-state index contributed by atoms with van der Waals surface area (Å²) in [6.45, 7) is 70.0. The monoisotopic (exact) mass is 1750 g/mol. The summed E-state index contributed by atoms with van der Waals surface area (Å²) >= 11 is -1.57. The van der Waals surface area contributed by atoms with Crippen LogP contribution in [0.2, 0.25) is 0 Å². The molecule has 11 heterocycles. The number of hydrogen-bond donors (Lipinski definition) is 0. The van der Waals surface area contributed by atoms with Gasteiger partial charge in [0, 0.05) is 44.8 Å². The first-order valence-electron chi connectivity index (χ1n) is 42.3. The molecule has 0 fully saturated rings. The molecule has 19 rings (SSSR count). The number of rotatable bonds is 0. The van der Waals surface area contributed by atoms with E-state index in [2.05, 4.69) is 301 Å². The number of amidine groups is 4. The zero-order valence-electron chi connectivity index (χ0n) is 79.7. The SMILES string of the molecule is CC(C)(C)C.CC(C)(C)C.CC(C)(C)C.CC(C)(C)C.CC(C)(C)C.CC(C)(C)C.CC(C)(C)C.CC(C)(C)C.O.[OH-].[Ti+2].c1ccc2c(c1)-c1nc-2nc2[n-]c(nc3nc(nc4[n-]c(n1)c1ccccc41)-c1ccccc1-3)c1ccccc21.c1ccc2c(c1)C1=NC2=Nc2c3ccccc3c3[n]2[Ga][n]2c(c4ccccc4c2=NC2=NC(=N3)c3ccccc32)=N1. The van der Waals surface area contributed by atoms with Gasteiger partial charge < -0.3 is 40.9 Å². The summed E-state index contributed by atoms with van der Waals surface area (Å²) in [6.07, 6.45) is 0. The minimum atomic E-state index is -1.57. The molecule has 8 aromatic carbocycles. The Labute approximate surface area is 759 Å². The van der Waals surface area contributed by atoms with E-state index < -0.39 is 17.9 Å². The van der Waals surface area contributed by atoms with E-state index in [1.165, 1.54) is 0 Å². The third-order valence-electron chi connectivity index (χ3n) is 15.4. The van der Waals surface area contributed by atoms with Crippen molar-refractivity contribution in [1.82, 2.24) is 46.4 Å². The summed E-state index contributed by atoms with van der Waals surface area (Å²) in [7, 11) is 0. The number of aliphatic imine (C=N–C) groups is 4. The molecule has 18 nitrogen and oxygen atoms in total. The molecule has 5 aromatic heterocycles. The number of hydrogen-bond acceptors (Lipinski definition) is 13. The Morgan fingerprint density at radius 2 is 0.395 bits per heavy atom. The first-order valence-corrected chi connectivity index (χ1v) is 44.5.